The number of fused-ring (bicyclic) bond motifs is 12. The van der Waals surface area contributed by atoms with Crippen LogP contribution < -0.4 is 32.7 Å². The van der Waals surface area contributed by atoms with Gasteiger partial charge in [0.15, 0.2) is 46.3 Å². The van der Waals surface area contributed by atoms with E-state index in [-0.39, 0.29) is 202 Å². The normalized spacial score (nSPS) is 34.4. The molecule has 26 unspecified atom stereocenters. The number of hydrogen-bond donors (Lipinski definition) is 6. The molecule has 17 aliphatic heterocycles. The molecule has 26 atom stereocenters. The third-order valence-corrected chi connectivity index (χ3v) is 35.3. The van der Waals surface area contributed by atoms with Gasteiger partial charge in [-0.05, 0) is 191 Å². The van der Waals surface area contributed by atoms with Gasteiger partial charge in [-0.15, -0.1) is 0 Å². The van der Waals surface area contributed by atoms with E-state index in [2.05, 4.69) is 296 Å². The highest BCUT2D eigenvalue weighted by Crippen LogP contribution is 2.60. The van der Waals surface area contributed by atoms with E-state index in [4.69, 9.17) is 14.5 Å². The number of hydroxylamine groups is 2. The smallest absolute Gasteiger partial charge is 0.158 e. The van der Waals surface area contributed by atoms with Crippen molar-refractivity contribution in [2.75, 3.05) is 91.6 Å². The van der Waals surface area contributed by atoms with Gasteiger partial charge < -0.3 is 4.84 Å². The Labute approximate surface area is 888 Å². The maximum absolute atomic E-state index is 13.1. The zero-order valence-electron chi connectivity index (χ0n) is 101. The van der Waals surface area contributed by atoms with E-state index in [9.17, 15) is 38.4 Å². The zero-order chi connectivity index (χ0) is 111. The Morgan fingerprint density at radius 1 is 0.301 bits per heavy atom. The maximum Gasteiger partial charge on any atom is 0.158 e. The second-order valence-electron chi connectivity index (χ2n) is 61.9. The fourth-order valence-electron chi connectivity index (χ4n) is 25.2. The molecule has 0 aromatic rings. The molecular formula is C115H209N19O11S. The van der Waals surface area contributed by atoms with Crippen LogP contribution in [0.3, 0.4) is 0 Å². The number of hydrazine groups is 2. The van der Waals surface area contributed by atoms with E-state index in [1.54, 1.807) is 0 Å². The van der Waals surface area contributed by atoms with Gasteiger partial charge in [0.05, 0.1) is 91.7 Å². The highest BCUT2D eigenvalue weighted by molar-refractivity contribution is 8.01. The first-order chi connectivity index (χ1) is 66.0. The largest absolute Gasteiger partial charge is 0.391 e. The van der Waals surface area contributed by atoms with Crippen molar-refractivity contribution in [3.63, 3.8) is 0 Å². The van der Waals surface area contributed by atoms with Gasteiger partial charge in [-0.25, -0.2) is 11.0 Å². The number of carbonyl (C=O) groups is 8. The van der Waals surface area contributed by atoms with E-state index in [0.717, 1.165) is 101 Å². The van der Waals surface area contributed by atoms with Crippen molar-refractivity contribution in [3.8, 4) is 0 Å². The van der Waals surface area contributed by atoms with Gasteiger partial charge in [-0.3, -0.25) is 109 Å². The predicted molar refractivity (Wildman–Crippen MR) is 589 cm³/mol. The van der Waals surface area contributed by atoms with E-state index in [1.807, 2.05) is 152 Å². The molecule has 0 saturated carbocycles. The van der Waals surface area contributed by atoms with Crippen LogP contribution >= 0.6 is 11.8 Å². The van der Waals surface area contributed by atoms with Crippen LogP contribution in [-0.4, -0.2) is 329 Å². The van der Waals surface area contributed by atoms with Crippen LogP contribution in [0, 0.1) is 96.6 Å². The van der Waals surface area contributed by atoms with Crippen LogP contribution in [-0.2, 0) is 52.9 Å². The van der Waals surface area contributed by atoms with Gasteiger partial charge in [0.25, 0.3) is 0 Å². The molecule has 0 aliphatic carbocycles. The van der Waals surface area contributed by atoms with Crippen molar-refractivity contribution in [3.05, 3.63) is 0 Å². The van der Waals surface area contributed by atoms with Crippen molar-refractivity contribution in [2.24, 2.45) is 122 Å². The highest BCUT2D eigenvalue weighted by Gasteiger charge is 2.65. The van der Waals surface area contributed by atoms with Crippen LogP contribution in [0.2, 0.25) is 0 Å². The Kier molecular flexibility index (Phi) is 37.3. The minimum atomic E-state index is -0.334. The van der Waals surface area contributed by atoms with Crippen molar-refractivity contribution < 1.29 is 52.9 Å². The number of carbonyl (C=O) groups excluding carboxylic acids is 8. The number of azo groups is 2. The molecule has 0 amide bonds. The summed E-state index contributed by atoms with van der Waals surface area (Å²) in [4.78, 5) is 138. The molecule has 17 heterocycles. The summed E-state index contributed by atoms with van der Waals surface area (Å²) in [5, 5.41) is 22.4. The molecule has 6 N–H and O–H groups in total. The molecule has 0 spiro atoms. The first-order valence-corrected chi connectivity index (χ1v) is 56.7. The lowest BCUT2D eigenvalue weighted by molar-refractivity contribution is -0.138. The number of ketones is 8. The SMILES string of the molecule is CC(C)(C)C(=O)C1C2C3CCC(S3)C2CN1C(C)(C)C.CC(C)(C)C(=O)C1C2C=NOC2CN1C(C)(C)C.CC(C)(C)C(=O)C1C2CN=NC2CN1C(C)(C)C.CC(C)(C)C(=O)C1C2CNNC2CN1C(C)(C)C.CC(C)(C)C(=O)C1C2CNOC2CN1C(C)(C)C.CC(C)(C)C(=O)C1C2N=NCC2CN1C(C)(C)C.CC(C)(C)C(=O)C1C2NNCC2CN1C(C)(C)C.CC(C)(C)C(=O)C1C2ONCC2CN1C(C)(C)C. The average molecular weight is 2070 g/mol. The summed E-state index contributed by atoms with van der Waals surface area (Å²) < 4.78 is 0. The summed E-state index contributed by atoms with van der Waals surface area (Å²) in [6.07, 6.45) is 4.73. The number of oxime groups is 1. The number of nitrogens with zero attached hydrogens (tertiary/aromatic N) is 13. The van der Waals surface area contributed by atoms with E-state index >= 15 is 0 Å². The fraction of sp³-hybridized carbons (Fsp3) is 0.922. The van der Waals surface area contributed by atoms with Gasteiger partial charge in [-0.2, -0.15) is 32.2 Å². The fourth-order valence-corrected chi connectivity index (χ4v) is 27.2. The molecule has 2 bridgehead atoms. The average Bonchev–Trinajstić information content (AvgIpc) is 1.56. The quantitative estimate of drug-likeness (QED) is 0.131. The Hall–Kier alpha value is -4.26. The van der Waals surface area contributed by atoms with Crippen molar-refractivity contribution in [1.29, 1.82) is 0 Å². The lowest BCUT2D eigenvalue weighted by atomic mass is 9.73. The van der Waals surface area contributed by atoms with Crippen molar-refractivity contribution in [2.45, 2.75) is 491 Å². The van der Waals surface area contributed by atoms with E-state index < -0.39 is 0 Å². The topological polar surface area (TPSA) is 324 Å². The van der Waals surface area contributed by atoms with Crippen LogP contribution in [0.15, 0.2) is 25.6 Å². The molecule has 0 radical (unpaired) electrons. The first-order valence-electron chi connectivity index (χ1n) is 55.8. The molecule has 0 aromatic heterocycles. The van der Waals surface area contributed by atoms with E-state index in [1.165, 1.54) is 12.8 Å². The number of thioether (sulfide) groups is 1. The molecule has 30 nitrogen and oxygen atoms in total. The number of Topliss-reactive ketones (excluding diaryl/α,β-unsaturated/α-hetero) is 8. The predicted octanol–water partition coefficient (Wildman–Crippen LogP) is 16.3. The Bertz CT molecular complexity index is 4220. The third-order valence-electron chi connectivity index (χ3n) is 33.5. The second-order valence-corrected chi connectivity index (χ2v) is 63.4. The molecule has 836 valence electrons. The maximum atomic E-state index is 13.1. The number of likely N-dealkylation sites (tertiary alicyclic amines) is 8. The number of nitrogens with one attached hydrogen (secondary N) is 6. The molecular weight excluding hydrogens is 1860 g/mol. The van der Waals surface area contributed by atoms with Gasteiger partial charge in [0.2, 0.25) is 0 Å². The Morgan fingerprint density at radius 3 is 1.16 bits per heavy atom. The van der Waals surface area contributed by atoms with E-state index in [0.29, 0.717) is 76.9 Å². The summed E-state index contributed by atoms with van der Waals surface area (Å²) in [5.41, 5.74) is 16.7. The summed E-state index contributed by atoms with van der Waals surface area (Å²) >= 11 is 2.19. The monoisotopic (exact) mass is 2060 g/mol. The van der Waals surface area contributed by atoms with Crippen molar-refractivity contribution >= 4 is 64.2 Å². The molecule has 146 heavy (non-hydrogen) atoms. The number of hydrogen-bond acceptors (Lipinski definition) is 31. The van der Waals surface area contributed by atoms with Gasteiger partial charge in [-0.1, -0.05) is 171 Å². The molecule has 0 aromatic carbocycles. The minimum absolute atomic E-state index is 0.000718. The zero-order valence-corrected chi connectivity index (χ0v) is 101. The van der Waals surface area contributed by atoms with Gasteiger partial charge in [0, 0.05) is 224 Å². The number of rotatable bonds is 8. The molecule has 14 fully saturated rings. The summed E-state index contributed by atoms with van der Waals surface area (Å²) in [6.45, 7) is 113. The summed E-state index contributed by atoms with van der Waals surface area (Å²) in [5.74, 6) is 6.57. The molecule has 17 aliphatic rings. The van der Waals surface area contributed by atoms with Gasteiger partial charge >= 0.3 is 0 Å². The first kappa shape index (κ1) is 124. The third kappa shape index (κ3) is 27.9. The summed E-state index contributed by atoms with van der Waals surface area (Å²) in [7, 11) is 0. The summed E-state index contributed by atoms with van der Waals surface area (Å²) in [6, 6.07) is 0.778. The Balaban J connectivity index is 0.000000171. The molecule has 17 rings (SSSR count). The molecule has 31 heteroatoms. The van der Waals surface area contributed by atoms with Crippen LogP contribution in [0.1, 0.15) is 345 Å². The highest BCUT2D eigenvalue weighted by atomic mass is 32.2. The van der Waals surface area contributed by atoms with Crippen LogP contribution in [0.25, 0.3) is 0 Å². The lowest BCUT2D eigenvalue weighted by Crippen LogP contribution is -2.57. The van der Waals surface area contributed by atoms with Gasteiger partial charge in [0.1, 0.15) is 12.2 Å². The standard InChI is InChI=1S/C17H29NOS.C14H27N3O.C14H25N3O.C14H27N3O.C14H25N3O.C14H26N2O2.C14H24N2O2.C14H26N2O2/c1-16(2,3)15(19)14-13-10(9-18(14)17(4,5)6)11-7-8-12(13)20-11;2*1-13(2,3)12(18)11-9-7-15-16-10(9)8-17(11)14(4,5)6;2*1-13(2,3)12(18)11-10-9(7-15-16-10)8-17(11)14(4,5)6;2*1-13(2,3)12(17)11-9-7-15-18-10(9)8-16(11)14(4,5)6;1-13(2,3)12(17)10-11-9(7-15-18-11)8-16(10)14(4,5)6/h10-14H,7-9H2,1-6H3;9-11,15-16H,7-8H2,1-6H3;9-11H,7-8H2,1-6H3;9-11,15-16H,7-8H2,1-6H3;9-11H,7-8H2,1-6H3;9-11,15H,7-8H2,1-6H3;7,9-11H,8H2,1-6H3;9-11,15H,7-8H2,1-6H3. The Morgan fingerprint density at radius 2 is 0.664 bits per heavy atom. The lowest BCUT2D eigenvalue weighted by Gasteiger charge is -2.40. The molecule has 14 saturated heterocycles. The van der Waals surface area contributed by atoms with Crippen LogP contribution in [0.4, 0.5) is 0 Å². The van der Waals surface area contributed by atoms with Crippen molar-refractivity contribution in [1.82, 2.24) is 71.9 Å². The van der Waals surface area contributed by atoms with Crippen LogP contribution in [0.5, 0.6) is 0 Å². The minimum Gasteiger partial charge on any atom is -0.391 e. The second kappa shape index (κ2) is 44.1.